The molecule has 0 aliphatic rings. The summed E-state index contributed by atoms with van der Waals surface area (Å²) < 4.78 is 13.0. The fourth-order valence-electron chi connectivity index (χ4n) is 7.50. The van der Waals surface area contributed by atoms with E-state index in [4.69, 9.17) is 8.83 Å². The number of hydrogen-bond donors (Lipinski definition) is 0. The van der Waals surface area contributed by atoms with Gasteiger partial charge >= 0.3 is 0 Å². The van der Waals surface area contributed by atoms with Crippen molar-refractivity contribution in [3.63, 3.8) is 0 Å². The van der Waals surface area contributed by atoms with E-state index in [1.54, 1.807) is 0 Å². The minimum Gasteiger partial charge on any atom is -0.456 e. The third-order valence-electron chi connectivity index (χ3n) is 9.47. The Hall–Kier alpha value is -6.12. The third-order valence-corrected chi connectivity index (χ3v) is 9.47. The van der Waals surface area contributed by atoms with Crippen molar-refractivity contribution >= 4 is 65.4 Å². The van der Waals surface area contributed by atoms with Gasteiger partial charge in [0.2, 0.25) is 0 Å². The molecule has 0 N–H and O–H groups in total. The molecule has 0 amide bonds. The first kappa shape index (κ1) is 25.2. The molecule has 10 aromatic rings. The third kappa shape index (κ3) is 3.59. The van der Waals surface area contributed by atoms with Crippen molar-refractivity contribution in [2.45, 2.75) is 0 Å². The van der Waals surface area contributed by atoms with Crippen LogP contribution < -0.4 is 0 Å². The van der Waals surface area contributed by atoms with E-state index in [1.807, 2.05) is 24.3 Å². The van der Waals surface area contributed by atoms with Gasteiger partial charge in [-0.1, -0.05) is 140 Å². The topological polar surface area (TPSA) is 26.3 Å². The van der Waals surface area contributed by atoms with Gasteiger partial charge in [0.05, 0.1) is 0 Å². The van der Waals surface area contributed by atoms with Crippen LogP contribution in [-0.2, 0) is 0 Å². The van der Waals surface area contributed by atoms with E-state index in [2.05, 4.69) is 133 Å². The Morgan fingerprint density at radius 2 is 0.717 bits per heavy atom. The van der Waals surface area contributed by atoms with Gasteiger partial charge < -0.3 is 8.83 Å². The Bertz CT molecular complexity index is 2720. The van der Waals surface area contributed by atoms with Crippen LogP contribution in [0.1, 0.15) is 0 Å². The summed E-state index contributed by atoms with van der Waals surface area (Å²) >= 11 is 0. The molecule has 2 heteroatoms. The Labute approximate surface area is 264 Å². The molecule has 2 heterocycles. The summed E-state index contributed by atoms with van der Waals surface area (Å²) in [4.78, 5) is 0. The molecule has 2 nitrogen and oxygen atoms in total. The van der Waals surface area contributed by atoms with E-state index in [0.717, 1.165) is 55.0 Å². The zero-order valence-corrected chi connectivity index (χ0v) is 24.8. The van der Waals surface area contributed by atoms with Crippen molar-refractivity contribution in [2.75, 3.05) is 0 Å². The van der Waals surface area contributed by atoms with Gasteiger partial charge in [0.25, 0.3) is 0 Å². The zero-order chi connectivity index (χ0) is 30.2. The first-order chi connectivity index (χ1) is 22.8. The summed E-state index contributed by atoms with van der Waals surface area (Å²) in [7, 11) is 0. The highest BCUT2D eigenvalue weighted by molar-refractivity contribution is 6.24. The molecular formula is C44H26O2. The first-order valence-electron chi connectivity index (χ1n) is 15.7. The maximum Gasteiger partial charge on any atom is 0.144 e. The van der Waals surface area contributed by atoms with Gasteiger partial charge in [0.1, 0.15) is 22.3 Å². The molecule has 0 aliphatic carbocycles. The van der Waals surface area contributed by atoms with Crippen molar-refractivity contribution in [1.29, 1.82) is 0 Å². The van der Waals surface area contributed by atoms with Crippen molar-refractivity contribution in [3.8, 4) is 33.4 Å². The second-order valence-corrected chi connectivity index (χ2v) is 12.0. The molecule has 214 valence electrons. The lowest BCUT2D eigenvalue weighted by molar-refractivity contribution is 0.664. The maximum absolute atomic E-state index is 6.61. The van der Waals surface area contributed by atoms with Crippen LogP contribution >= 0.6 is 0 Å². The van der Waals surface area contributed by atoms with Gasteiger partial charge in [-0.2, -0.15) is 0 Å². The van der Waals surface area contributed by atoms with Gasteiger partial charge in [0, 0.05) is 27.1 Å². The van der Waals surface area contributed by atoms with Crippen LogP contribution in [0.5, 0.6) is 0 Å². The molecule has 0 saturated heterocycles. The summed E-state index contributed by atoms with van der Waals surface area (Å²) in [5, 5.41) is 9.33. The minimum absolute atomic E-state index is 0.868. The Kier molecular flexibility index (Phi) is 5.31. The molecule has 0 atom stereocenters. The quantitative estimate of drug-likeness (QED) is 0.193. The standard InChI is InChI=1S/C44H26O2/c1-2-12-27(13-3-1)40-31-15-4-6-17-33(31)41(34-18-7-5-16-32(34)40)28-22-24-29(25-23-28)42-43-35-19-9-11-21-38(35)45-39(43)26-36-30-14-8-10-20-37(30)46-44(36)42/h1-26H. The van der Waals surface area contributed by atoms with Crippen LogP contribution in [0.15, 0.2) is 167 Å². The molecule has 0 fully saturated rings. The normalized spacial score (nSPS) is 11.9. The Balaban J connectivity index is 1.25. The number of para-hydroxylation sites is 2. The van der Waals surface area contributed by atoms with E-state index >= 15 is 0 Å². The smallest absolute Gasteiger partial charge is 0.144 e. The molecule has 0 spiro atoms. The Morgan fingerprint density at radius 1 is 0.283 bits per heavy atom. The predicted molar refractivity (Wildman–Crippen MR) is 192 cm³/mol. The highest BCUT2D eigenvalue weighted by Gasteiger charge is 2.22. The minimum atomic E-state index is 0.868. The number of furan rings is 2. The molecule has 0 bridgehead atoms. The summed E-state index contributed by atoms with van der Waals surface area (Å²) in [5.41, 5.74) is 10.6. The summed E-state index contributed by atoms with van der Waals surface area (Å²) in [6.45, 7) is 0. The monoisotopic (exact) mass is 586 g/mol. The molecule has 8 aromatic carbocycles. The number of hydrogen-bond acceptors (Lipinski definition) is 2. The highest BCUT2D eigenvalue weighted by Crippen LogP contribution is 2.47. The van der Waals surface area contributed by atoms with Crippen LogP contribution in [0.25, 0.3) is 98.8 Å². The molecule has 2 aromatic heterocycles. The van der Waals surface area contributed by atoms with E-state index in [1.165, 1.54) is 43.8 Å². The molecule has 10 rings (SSSR count). The SMILES string of the molecule is c1ccc(-c2c3ccccc3c(-c3ccc(-c4c5oc6ccccc6c5cc5oc6ccccc6c45)cc3)c3ccccc23)cc1. The largest absolute Gasteiger partial charge is 0.456 e. The van der Waals surface area contributed by atoms with Crippen molar-refractivity contribution < 1.29 is 8.83 Å². The maximum atomic E-state index is 6.61. The molecule has 0 unspecified atom stereocenters. The van der Waals surface area contributed by atoms with Gasteiger partial charge in [-0.3, -0.25) is 0 Å². The van der Waals surface area contributed by atoms with Crippen LogP contribution in [0.4, 0.5) is 0 Å². The first-order valence-corrected chi connectivity index (χ1v) is 15.7. The zero-order valence-electron chi connectivity index (χ0n) is 24.8. The molecule has 0 saturated carbocycles. The van der Waals surface area contributed by atoms with Crippen LogP contribution in [0.2, 0.25) is 0 Å². The van der Waals surface area contributed by atoms with Gasteiger partial charge in [-0.05, 0) is 67.6 Å². The van der Waals surface area contributed by atoms with Gasteiger partial charge in [0.15, 0.2) is 0 Å². The number of fused-ring (bicyclic) bond motifs is 8. The molecule has 0 aliphatic heterocycles. The summed E-state index contributed by atoms with van der Waals surface area (Å²) in [5.74, 6) is 0. The van der Waals surface area contributed by atoms with Gasteiger partial charge in [-0.25, -0.2) is 0 Å². The van der Waals surface area contributed by atoms with E-state index < -0.39 is 0 Å². The Morgan fingerprint density at radius 3 is 1.30 bits per heavy atom. The fraction of sp³-hybridized carbons (Fsp3) is 0. The van der Waals surface area contributed by atoms with Crippen LogP contribution in [0.3, 0.4) is 0 Å². The summed E-state index contributed by atoms with van der Waals surface area (Å²) in [6.07, 6.45) is 0. The van der Waals surface area contributed by atoms with Crippen molar-refractivity contribution in [2.24, 2.45) is 0 Å². The summed E-state index contributed by atoms with van der Waals surface area (Å²) in [6, 6.07) is 56.0. The second-order valence-electron chi connectivity index (χ2n) is 12.0. The van der Waals surface area contributed by atoms with Crippen LogP contribution in [-0.4, -0.2) is 0 Å². The average Bonchev–Trinajstić information content (AvgIpc) is 3.68. The number of benzene rings is 8. The predicted octanol–water partition coefficient (Wildman–Crippen LogP) is 12.8. The van der Waals surface area contributed by atoms with Crippen molar-refractivity contribution in [3.05, 3.63) is 158 Å². The molecule has 46 heavy (non-hydrogen) atoms. The van der Waals surface area contributed by atoms with E-state index in [0.29, 0.717) is 0 Å². The highest BCUT2D eigenvalue weighted by atomic mass is 16.3. The fourth-order valence-corrected chi connectivity index (χ4v) is 7.50. The molecular weight excluding hydrogens is 560 g/mol. The van der Waals surface area contributed by atoms with E-state index in [9.17, 15) is 0 Å². The van der Waals surface area contributed by atoms with Crippen molar-refractivity contribution in [1.82, 2.24) is 0 Å². The average molecular weight is 587 g/mol. The molecule has 0 radical (unpaired) electrons. The van der Waals surface area contributed by atoms with Crippen LogP contribution in [0, 0.1) is 0 Å². The lowest BCUT2D eigenvalue weighted by atomic mass is 9.85. The second kappa shape index (κ2) is 9.69. The lowest BCUT2D eigenvalue weighted by Gasteiger charge is -2.18. The van der Waals surface area contributed by atoms with E-state index in [-0.39, 0.29) is 0 Å². The number of rotatable bonds is 3. The lowest BCUT2D eigenvalue weighted by Crippen LogP contribution is -1.91. The van der Waals surface area contributed by atoms with Gasteiger partial charge in [-0.15, -0.1) is 0 Å².